The van der Waals surface area contributed by atoms with Crippen LogP contribution in [0.5, 0.6) is 0 Å². The van der Waals surface area contributed by atoms with E-state index in [1.807, 2.05) is 18.2 Å². The molecular formula is C16H17Br2ClN2. The minimum Gasteiger partial charge on any atom is -0.377 e. The fraction of sp³-hybridized carbons (Fsp3) is 0.250. The van der Waals surface area contributed by atoms with Crippen LogP contribution in [0.25, 0.3) is 0 Å². The summed E-state index contributed by atoms with van der Waals surface area (Å²) in [5.74, 6) is 0. The number of halogens is 3. The van der Waals surface area contributed by atoms with Crippen molar-refractivity contribution in [1.82, 2.24) is 0 Å². The lowest BCUT2D eigenvalue weighted by Gasteiger charge is -2.21. The Kier molecular flexibility index (Phi) is 5.72. The van der Waals surface area contributed by atoms with E-state index >= 15 is 0 Å². The molecular weight excluding hydrogens is 415 g/mol. The van der Waals surface area contributed by atoms with Crippen molar-refractivity contribution in [3.8, 4) is 0 Å². The van der Waals surface area contributed by atoms with Gasteiger partial charge in [-0.1, -0.05) is 49.5 Å². The number of nitrogens with two attached hydrogens (primary N) is 1. The lowest BCUT2D eigenvalue weighted by Crippen LogP contribution is -2.21. The molecule has 2 aromatic rings. The van der Waals surface area contributed by atoms with Crippen molar-refractivity contribution in [1.29, 1.82) is 0 Å². The lowest BCUT2D eigenvalue weighted by molar-refractivity contribution is 0.785. The van der Waals surface area contributed by atoms with Gasteiger partial charge in [-0.25, -0.2) is 0 Å². The summed E-state index contributed by atoms with van der Waals surface area (Å²) in [7, 11) is 0. The molecule has 0 aromatic heterocycles. The molecule has 5 heteroatoms. The molecule has 0 aliphatic carbocycles. The predicted molar refractivity (Wildman–Crippen MR) is 98.2 cm³/mol. The fourth-order valence-electron chi connectivity index (χ4n) is 2.28. The average Bonchev–Trinajstić information content (AvgIpc) is 2.42. The van der Waals surface area contributed by atoms with Crippen LogP contribution in [0.15, 0.2) is 39.3 Å². The zero-order chi connectivity index (χ0) is 15.6. The van der Waals surface area contributed by atoms with Gasteiger partial charge in [0, 0.05) is 26.2 Å². The first kappa shape index (κ1) is 16.8. The smallest absolute Gasteiger partial charge is 0.0647 e. The number of aryl methyl sites for hydroxylation is 2. The van der Waals surface area contributed by atoms with E-state index < -0.39 is 0 Å². The predicted octanol–water partition coefficient (Wildman–Crippen LogP) is 5.59. The first-order chi connectivity index (χ1) is 9.92. The van der Waals surface area contributed by atoms with Gasteiger partial charge in [0.05, 0.1) is 6.04 Å². The summed E-state index contributed by atoms with van der Waals surface area (Å²) >= 11 is 13.1. The maximum atomic E-state index is 6.00. The summed E-state index contributed by atoms with van der Waals surface area (Å²) in [6, 6.07) is 10.0. The van der Waals surface area contributed by atoms with E-state index in [0.717, 1.165) is 20.2 Å². The van der Waals surface area contributed by atoms with Crippen LogP contribution in [0.2, 0.25) is 5.02 Å². The Hall–Kier alpha value is -0.550. The van der Waals surface area contributed by atoms with E-state index in [0.29, 0.717) is 11.6 Å². The van der Waals surface area contributed by atoms with Crippen LogP contribution in [-0.4, -0.2) is 6.54 Å². The minimum absolute atomic E-state index is 0.0246. The van der Waals surface area contributed by atoms with Crippen LogP contribution >= 0.6 is 43.5 Å². The SMILES string of the molecule is Cc1cc(NC(CN)c2ccc(Cl)cc2Br)cc(C)c1Br. The third-order valence-electron chi connectivity index (χ3n) is 3.35. The van der Waals surface area contributed by atoms with E-state index in [4.69, 9.17) is 17.3 Å². The summed E-state index contributed by atoms with van der Waals surface area (Å²) in [6.07, 6.45) is 0. The van der Waals surface area contributed by atoms with E-state index in [-0.39, 0.29) is 6.04 Å². The number of nitrogens with one attached hydrogen (secondary N) is 1. The van der Waals surface area contributed by atoms with Gasteiger partial charge in [0.1, 0.15) is 0 Å². The number of hydrogen-bond acceptors (Lipinski definition) is 2. The first-order valence-corrected chi connectivity index (χ1v) is 8.57. The third-order valence-corrected chi connectivity index (χ3v) is 5.52. The van der Waals surface area contributed by atoms with Gasteiger partial charge in [0.15, 0.2) is 0 Å². The van der Waals surface area contributed by atoms with Crippen molar-refractivity contribution >= 4 is 49.1 Å². The van der Waals surface area contributed by atoms with Crippen LogP contribution in [0.4, 0.5) is 5.69 Å². The van der Waals surface area contributed by atoms with Crippen molar-refractivity contribution in [2.45, 2.75) is 19.9 Å². The van der Waals surface area contributed by atoms with Crippen LogP contribution in [-0.2, 0) is 0 Å². The van der Waals surface area contributed by atoms with Crippen molar-refractivity contribution in [3.05, 3.63) is 61.0 Å². The van der Waals surface area contributed by atoms with Gasteiger partial charge in [0.2, 0.25) is 0 Å². The van der Waals surface area contributed by atoms with Crippen molar-refractivity contribution in [3.63, 3.8) is 0 Å². The topological polar surface area (TPSA) is 38.0 Å². The Morgan fingerprint density at radius 1 is 1.14 bits per heavy atom. The van der Waals surface area contributed by atoms with Crippen LogP contribution in [0.1, 0.15) is 22.7 Å². The molecule has 0 saturated carbocycles. The second kappa shape index (κ2) is 7.14. The monoisotopic (exact) mass is 430 g/mol. The molecule has 0 fully saturated rings. The number of rotatable bonds is 4. The molecule has 2 aromatic carbocycles. The van der Waals surface area contributed by atoms with Gasteiger partial charge in [-0.15, -0.1) is 0 Å². The van der Waals surface area contributed by atoms with Gasteiger partial charge >= 0.3 is 0 Å². The average molecular weight is 433 g/mol. The fourth-order valence-corrected chi connectivity index (χ4v) is 3.47. The van der Waals surface area contributed by atoms with Crippen molar-refractivity contribution < 1.29 is 0 Å². The molecule has 0 aliphatic rings. The molecule has 1 unspecified atom stereocenters. The second-order valence-electron chi connectivity index (χ2n) is 5.02. The van der Waals surface area contributed by atoms with Crippen LogP contribution < -0.4 is 11.1 Å². The van der Waals surface area contributed by atoms with Gasteiger partial charge in [-0.2, -0.15) is 0 Å². The molecule has 0 heterocycles. The number of hydrogen-bond donors (Lipinski definition) is 2. The summed E-state index contributed by atoms with van der Waals surface area (Å²) in [5, 5.41) is 4.20. The van der Waals surface area contributed by atoms with E-state index in [9.17, 15) is 0 Å². The molecule has 21 heavy (non-hydrogen) atoms. The quantitative estimate of drug-likeness (QED) is 0.661. The van der Waals surface area contributed by atoms with Gasteiger partial charge in [-0.3, -0.25) is 0 Å². The van der Waals surface area contributed by atoms with Crippen LogP contribution in [0, 0.1) is 13.8 Å². The van der Waals surface area contributed by atoms with Gasteiger partial charge in [0.25, 0.3) is 0 Å². The van der Waals surface area contributed by atoms with Gasteiger partial charge < -0.3 is 11.1 Å². The molecule has 0 amide bonds. The number of benzene rings is 2. The van der Waals surface area contributed by atoms with Gasteiger partial charge in [-0.05, 0) is 54.8 Å². The Morgan fingerprint density at radius 3 is 2.29 bits per heavy atom. The molecule has 2 rings (SSSR count). The summed E-state index contributed by atoms with van der Waals surface area (Å²) in [4.78, 5) is 0. The molecule has 0 aliphatic heterocycles. The maximum Gasteiger partial charge on any atom is 0.0647 e. The first-order valence-electron chi connectivity index (χ1n) is 6.60. The zero-order valence-electron chi connectivity index (χ0n) is 11.9. The highest BCUT2D eigenvalue weighted by atomic mass is 79.9. The molecule has 1 atom stereocenters. The molecule has 0 spiro atoms. The number of anilines is 1. The molecule has 0 radical (unpaired) electrons. The standard InChI is InChI=1S/C16H17Br2ClN2/c1-9-5-12(6-10(2)16(9)18)21-15(8-20)13-4-3-11(19)7-14(13)17/h3-7,15,21H,8,20H2,1-2H3. The Balaban J connectivity index is 2.31. The highest BCUT2D eigenvalue weighted by Crippen LogP contribution is 2.31. The highest BCUT2D eigenvalue weighted by Gasteiger charge is 2.14. The molecule has 0 bridgehead atoms. The molecule has 3 N–H and O–H groups in total. The Labute approximate surface area is 147 Å². The summed E-state index contributed by atoms with van der Waals surface area (Å²) in [6.45, 7) is 4.66. The van der Waals surface area contributed by atoms with Crippen molar-refractivity contribution in [2.75, 3.05) is 11.9 Å². The Bertz CT molecular complexity index is 636. The molecule has 112 valence electrons. The maximum absolute atomic E-state index is 6.00. The third kappa shape index (κ3) is 4.01. The highest BCUT2D eigenvalue weighted by molar-refractivity contribution is 9.10. The van der Waals surface area contributed by atoms with Crippen LogP contribution in [0.3, 0.4) is 0 Å². The zero-order valence-corrected chi connectivity index (χ0v) is 15.8. The van der Waals surface area contributed by atoms with E-state index in [2.05, 4.69) is 63.2 Å². The lowest BCUT2D eigenvalue weighted by atomic mass is 10.1. The largest absolute Gasteiger partial charge is 0.377 e. The van der Waals surface area contributed by atoms with E-state index in [1.54, 1.807) is 0 Å². The molecule has 2 nitrogen and oxygen atoms in total. The van der Waals surface area contributed by atoms with Crippen molar-refractivity contribution in [2.24, 2.45) is 5.73 Å². The summed E-state index contributed by atoms with van der Waals surface area (Å²) < 4.78 is 2.11. The van der Waals surface area contributed by atoms with E-state index in [1.165, 1.54) is 11.1 Å². The minimum atomic E-state index is 0.0246. The Morgan fingerprint density at radius 2 is 1.76 bits per heavy atom. The molecule has 0 saturated heterocycles. The summed E-state index contributed by atoms with van der Waals surface area (Å²) in [5.41, 5.74) is 10.5. The normalized spacial score (nSPS) is 12.3. The second-order valence-corrected chi connectivity index (χ2v) is 7.11.